The van der Waals surface area contributed by atoms with Crippen LogP contribution in [0.4, 0.5) is 0 Å². The Bertz CT molecular complexity index is 1410. The van der Waals surface area contributed by atoms with Crippen LogP contribution in [0.5, 0.6) is 5.75 Å². The van der Waals surface area contributed by atoms with E-state index in [-0.39, 0.29) is 16.2 Å². The monoisotopic (exact) mass is 511 g/mol. The first kappa shape index (κ1) is 25.0. The van der Waals surface area contributed by atoms with Gasteiger partial charge in [0.1, 0.15) is 5.75 Å². The third kappa shape index (κ3) is 5.28. The van der Waals surface area contributed by atoms with Crippen LogP contribution in [0.15, 0.2) is 94.9 Å². The lowest BCUT2D eigenvalue weighted by Crippen LogP contribution is -2.44. The molecule has 3 aromatic rings. The fourth-order valence-electron chi connectivity index (χ4n) is 4.20. The fourth-order valence-corrected chi connectivity index (χ4v) is 7.33. The van der Waals surface area contributed by atoms with Crippen molar-refractivity contribution < 1.29 is 21.6 Å². The highest BCUT2D eigenvalue weighted by Crippen LogP contribution is 2.32. The van der Waals surface area contributed by atoms with Crippen molar-refractivity contribution in [2.75, 3.05) is 7.11 Å². The van der Waals surface area contributed by atoms with Crippen LogP contribution >= 0.6 is 0 Å². The fraction of sp³-hybridized carbons (Fsp3) is 0.259. The van der Waals surface area contributed by atoms with Crippen LogP contribution in [0, 0.1) is 13.8 Å². The van der Waals surface area contributed by atoms with Gasteiger partial charge in [-0.25, -0.2) is 16.8 Å². The molecule has 1 aliphatic heterocycles. The second-order valence-corrected chi connectivity index (χ2v) is 12.8. The van der Waals surface area contributed by atoms with Crippen LogP contribution in [0.25, 0.3) is 0 Å². The van der Waals surface area contributed by atoms with Crippen LogP contribution in [-0.2, 0) is 26.3 Å². The Morgan fingerprint density at radius 3 is 1.89 bits per heavy atom. The van der Waals surface area contributed by atoms with Crippen molar-refractivity contribution in [1.82, 2.24) is 4.31 Å². The van der Waals surface area contributed by atoms with E-state index >= 15 is 0 Å². The number of ether oxygens (including phenoxy) is 1. The molecule has 0 saturated heterocycles. The number of rotatable bonds is 7. The Kier molecular flexibility index (Phi) is 7.05. The number of nitrogens with zero attached hydrogens (tertiary/aromatic N) is 1. The average Bonchev–Trinajstić information content (AvgIpc) is 2.85. The molecule has 0 bridgehead atoms. The summed E-state index contributed by atoms with van der Waals surface area (Å²) < 4.78 is 60.5. The van der Waals surface area contributed by atoms with E-state index in [4.69, 9.17) is 4.74 Å². The molecule has 184 valence electrons. The minimum absolute atomic E-state index is 0.143. The number of methoxy groups -OCH3 is 1. The molecule has 4 rings (SSSR count). The van der Waals surface area contributed by atoms with Crippen molar-refractivity contribution in [3.8, 4) is 5.75 Å². The van der Waals surface area contributed by atoms with Crippen LogP contribution < -0.4 is 4.74 Å². The summed E-state index contributed by atoms with van der Waals surface area (Å²) in [6.45, 7) is 3.79. The first-order valence-corrected chi connectivity index (χ1v) is 14.3. The van der Waals surface area contributed by atoms with Gasteiger partial charge in [0.25, 0.3) is 10.0 Å². The molecule has 1 heterocycles. The smallest absolute Gasteiger partial charge is 0.264 e. The second-order valence-electron chi connectivity index (χ2n) is 8.83. The number of aryl methyl sites for hydroxylation is 2. The molecule has 0 N–H and O–H groups in total. The van der Waals surface area contributed by atoms with Crippen LogP contribution in [-0.4, -0.2) is 39.5 Å². The van der Waals surface area contributed by atoms with E-state index in [1.165, 1.54) is 16.6 Å². The van der Waals surface area contributed by atoms with E-state index < -0.39 is 31.2 Å². The standard InChI is InChI=1S/C27H29NO5S2/c1-20-4-12-25(13-5-20)34(29,30)27-16-17-28(35(31,32)26-14-6-21(2)7-15-26)23(19-27)18-22-8-10-24(33-3)11-9-22/h4-17,23,27H,18-19H2,1-3H3/t23-,27+/m0/s1. The van der Waals surface area contributed by atoms with Crippen LogP contribution in [0.1, 0.15) is 23.1 Å². The summed E-state index contributed by atoms with van der Waals surface area (Å²) in [5, 5.41) is -0.835. The average molecular weight is 512 g/mol. The first-order valence-electron chi connectivity index (χ1n) is 11.3. The highest BCUT2D eigenvalue weighted by atomic mass is 32.2. The number of benzene rings is 3. The van der Waals surface area contributed by atoms with Gasteiger partial charge in [0.15, 0.2) is 9.84 Å². The maximum atomic E-state index is 13.6. The zero-order chi connectivity index (χ0) is 25.2. The van der Waals surface area contributed by atoms with Gasteiger partial charge in [-0.05, 0) is 74.7 Å². The van der Waals surface area contributed by atoms with Crippen LogP contribution in [0.3, 0.4) is 0 Å². The van der Waals surface area contributed by atoms with Gasteiger partial charge in [0.05, 0.1) is 28.2 Å². The summed E-state index contributed by atoms with van der Waals surface area (Å²) in [6.07, 6.45) is 3.41. The highest BCUT2D eigenvalue weighted by molar-refractivity contribution is 7.92. The summed E-state index contributed by atoms with van der Waals surface area (Å²) in [7, 11) is -5.97. The molecule has 0 aromatic heterocycles. The van der Waals surface area contributed by atoms with Gasteiger partial charge in [0.2, 0.25) is 0 Å². The molecule has 0 aliphatic carbocycles. The van der Waals surface area contributed by atoms with E-state index in [2.05, 4.69) is 0 Å². The van der Waals surface area contributed by atoms with Gasteiger partial charge in [-0.15, -0.1) is 0 Å². The molecule has 0 fully saturated rings. The van der Waals surface area contributed by atoms with E-state index in [0.717, 1.165) is 16.7 Å². The van der Waals surface area contributed by atoms with Crippen molar-refractivity contribution >= 4 is 19.9 Å². The Morgan fingerprint density at radius 2 is 1.34 bits per heavy atom. The lowest BCUT2D eigenvalue weighted by molar-refractivity contribution is 0.359. The van der Waals surface area contributed by atoms with Gasteiger partial charge in [-0.2, -0.15) is 0 Å². The Hall–Kier alpha value is -3.10. The number of sulfonamides is 1. The van der Waals surface area contributed by atoms with E-state index in [0.29, 0.717) is 12.2 Å². The summed E-state index contributed by atoms with van der Waals surface area (Å²) in [6, 6.07) is 20.2. The third-order valence-corrected chi connectivity index (χ3v) is 10.2. The van der Waals surface area contributed by atoms with E-state index in [1.54, 1.807) is 55.6 Å². The van der Waals surface area contributed by atoms with Crippen molar-refractivity contribution in [1.29, 1.82) is 0 Å². The molecule has 6 nitrogen and oxygen atoms in total. The summed E-state index contributed by atoms with van der Waals surface area (Å²) in [5.41, 5.74) is 2.81. The molecule has 0 radical (unpaired) electrons. The molecule has 0 amide bonds. The number of hydrogen-bond acceptors (Lipinski definition) is 5. The number of sulfone groups is 1. The van der Waals surface area contributed by atoms with E-state index in [9.17, 15) is 16.8 Å². The molecule has 1 aliphatic rings. The van der Waals surface area contributed by atoms with E-state index in [1.807, 2.05) is 38.1 Å². The predicted molar refractivity (Wildman–Crippen MR) is 137 cm³/mol. The molecular formula is C27H29NO5S2. The van der Waals surface area contributed by atoms with Crippen molar-refractivity contribution in [2.24, 2.45) is 0 Å². The molecule has 0 unspecified atom stereocenters. The van der Waals surface area contributed by atoms with Crippen LogP contribution in [0.2, 0.25) is 0 Å². The second kappa shape index (κ2) is 9.87. The minimum atomic E-state index is -3.87. The lowest BCUT2D eigenvalue weighted by Gasteiger charge is -2.35. The SMILES string of the molecule is COc1ccc(C[C@H]2C[C@H](S(=O)(=O)c3ccc(C)cc3)C=CN2S(=O)(=O)c2ccc(C)cc2)cc1. The molecule has 2 atom stereocenters. The van der Waals surface area contributed by atoms with Crippen molar-refractivity contribution in [2.45, 2.75) is 47.8 Å². The summed E-state index contributed by atoms with van der Waals surface area (Å²) >= 11 is 0. The topological polar surface area (TPSA) is 80.8 Å². The zero-order valence-corrected chi connectivity index (χ0v) is 21.6. The van der Waals surface area contributed by atoms with Crippen molar-refractivity contribution in [3.63, 3.8) is 0 Å². The first-order chi connectivity index (χ1) is 16.6. The van der Waals surface area contributed by atoms with Gasteiger partial charge < -0.3 is 4.74 Å². The number of hydrogen-bond donors (Lipinski definition) is 0. The quantitative estimate of drug-likeness (QED) is 0.460. The minimum Gasteiger partial charge on any atom is -0.497 e. The third-order valence-electron chi connectivity index (χ3n) is 6.29. The maximum Gasteiger partial charge on any atom is 0.264 e. The Labute approximate surface area is 207 Å². The zero-order valence-electron chi connectivity index (χ0n) is 20.0. The lowest BCUT2D eigenvalue weighted by atomic mass is 10.00. The van der Waals surface area contributed by atoms with Crippen molar-refractivity contribution in [3.05, 3.63) is 102 Å². The molecular weight excluding hydrogens is 482 g/mol. The Balaban J connectivity index is 1.72. The van der Waals surface area contributed by atoms with Gasteiger partial charge in [-0.3, -0.25) is 4.31 Å². The summed E-state index contributed by atoms with van der Waals surface area (Å²) in [5.74, 6) is 0.696. The van der Waals surface area contributed by atoms with Gasteiger partial charge in [0, 0.05) is 6.20 Å². The maximum absolute atomic E-state index is 13.6. The normalized spacial score (nSPS) is 18.4. The molecule has 3 aromatic carbocycles. The largest absolute Gasteiger partial charge is 0.497 e. The Morgan fingerprint density at radius 1 is 0.800 bits per heavy atom. The predicted octanol–water partition coefficient (Wildman–Crippen LogP) is 4.67. The highest BCUT2D eigenvalue weighted by Gasteiger charge is 2.38. The van der Waals surface area contributed by atoms with Gasteiger partial charge >= 0.3 is 0 Å². The summed E-state index contributed by atoms with van der Waals surface area (Å²) in [4.78, 5) is 0.406. The molecule has 8 heteroatoms. The molecule has 0 spiro atoms. The molecule has 0 saturated carbocycles. The van der Waals surface area contributed by atoms with Gasteiger partial charge in [-0.1, -0.05) is 47.5 Å². The molecule has 35 heavy (non-hydrogen) atoms.